The van der Waals surface area contributed by atoms with E-state index in [0.717, 1.165) is 38.9 Å². The molecule has 1 unspecified atom stereocenters. The van der Waals surface area contributed by atoms with Crippen LogP contribution in [-0.2, 0) is 9.59 Å². The van der Waals surface area contributed by atoms with E-state index >= 15 is 0 Å². The van der Waals surface area contributed by atoms with Crippen LogP contribution in [0.25, 0.3) is 0 Å². The highest BCUT2D eigenvalue weighted by atomic mass is 16.2. The molecule has 1 atom stereocenters. The van der Waals surface area contributed by atoms with Crippen LogP contribution in [-0.4, -0.2) is 73.5 Å². The highest BCUT2D eigenvalue weighted by Crippen LogP contribution is 2.18. The summed E-state index contributed by atoms with van der Waals surface area (Å²) in [7, 11) is 1.70. The molecule has 20 heavy (non-hydrogen) atoms. The molecule has 1 aliphatic carbocycles. The number of amides is 2. The zero-order valence-electron chi connectivity index (χ0n) is 12.5. The third-order valence-electron chi connectivity index (χ3n) is 4.04. The Morgan fingerprint density at radius 3 is 2.55 bits per heavy atom. The van der Waals surface area contributed by atoms with Crippen LogP contribution in [0, 0.1) is 0 Å². The van der Waals surface area contributed by atoms with Gasteiger partial charge in [0.25, 0.3) is 0 Å². The summed E-state index contributed by atoms with van der Waals surface area (Å²) in [5, 5.41) is 6.23. The fourth-order valence-corrected chi connectivity index (χ4v) is 2.55. The van der Waals surface area contributed by atoms with E-state index in [-0.39, 0.29) is 18.4 Å². The van der Waals surface area contributed by atoms with E-state index in [1.54, 1.807) is 7.05 Å². The minimum absolute atomic E-state index is 0.0182. The Morgan fingerprint density at radius 1 is 1.25 bits per heavy atom. The Labute approximate surface area is 120 Å². The molecular formula is C14H26N4O2. The van der Waals surface area contributed by atoms with Gasteiger partial charge in [-0.05, 0) is 32.4 Å². The lowest BCUT2D eigenvalue weighted by Gasteiger charge is -2.28. The number of nitrogens with zero attached hydrogens (tertiary/aromatic N) is 2. The van der Waals surface area contributed by atoms with E-state index in [2.05, 4.69) is 22.5 Å². The minimum atomic E-state index is -0.0473. The predicted octanol–water partition coefficient (Wildman–Crippen LogP) is -0.593. The minimum Gasteiger partial charge on any atom is -0.352 e. The van der Waals surface area contributed by atoms with Crippen molar-refractivity contribution in [2.24, 2.45) is 0 Å². The van der Waals surface area contributed by atoms with Crippen molar-refractivity contribution < 1.29 is 9.59 Å². The first-order chi connectivity index (χ1) is 9.60. The maximum absolute atomic E-state index is 12.2. The van der Waals surface area contributed by atoms with Gasteiger partial charge in [-0.15, -0.1) is 0 Å². The predicted molar refractivity (Wildman–Crippen MR) is 77.3 cm³/mol. The van der Waals surface area contributed by atoms with E-state index in [4.69, 9.17) is 0 Å². The van der Waals surface area contributed by atoms with Gasteiger partial charge in [0.05, 0.1) is 13.1 Å². The molecule has 2 N–H and O–H groups in total. The molecule has 1 saturated heterocycles. The molecule has 6 heteroatoms. The Kier molecular flexibility index (Phi) is 5.37. The van der Waals surface area contributed by atoms with Crippen molar-refractivity contribution >= 4 is 11.8 Å². The summed E-state index contributed by atoms with van der Waals surface area (Å²) >= 11 is 0. The molecule has 1 saturated carbocycles. The second-order valence-corrected chi connectivity index (χ2v) is 5.80. The third-order valence-corrected chi connectivity index (χ3v) is 4.04. The van der Waals surface area contributed by atoms with Crippen molar-refractivity contribution in [3.8, 4) is 0 Å². The third kappa shape index (κ3) is 4.45. The van der Waals surface area contributed by atoms with E-state index in [9.17, 15) is 9.59 Å². The number of rotatable bonds is 7. The van der Waals surface area contributed by atoms with Gasteiger partial charge in [-0.3, -0.25) is 14.5 Å². The van der Waals surface area contributed by atoms with Crippen LogP contribution in [0.15, 0.2) is 0 Å². The smallest absolute Gasteiger partial charge is 0.239 e. The first-order valence-corrected chi connectivity index (χ1v) is 7.58. The molecule has 6 nitrogen and oxygen atoms in total. The zero-order chi connectivity index (χ0) is 14.5. The maximum atomic E-state index is 12.2. The molecule has 0 spiro atoms. The van der Waals surface area contributed by atoms with E-state index < -0.39 is 0 Å². The van der Waals surface area contributed by atoms with Gasteiger partial charge in [0.2, 0.25) is 11.8 Å². The molecule has 114 valence electrons. The van der Waals surface area contributed by atoms with Gasteiger partial charge < -0.3 is 15.5 Å². The summed E-state index contributed by atoms with van der Waals surface area (Å²) in [5.41, 5.74) is 0. The van der Waals surface area contributed by atoms with E-state index in [0.29, 0.717) is 18.6 Å². The first-order valence-electron chi connectivity index (χ1n) is 7.58. The second kappa shape index (κ2) is 7.04. The highest BCUT2D eigenvalue weighted by molar-refractivity contribution is 5.85. The average Bonchev–Trinajstić information content (AvgIpc) is 3.06. The molecule has 0 bridgehead atoms. The Morgan fingerprint density at radius 2 is 2.00 bits per heavy atom. The van der Waals surface area contributed by atoms with Crippen molar-refractivity contribution in [2.45, 2.75) is 38.3 Å². The van der Waals surface area contributed by atoms with Gasteiger partial charge in [0.15, 0.2) is 0 Å². The van der Waals surface area contributed by atoms with Crippen LogP contribution >= 0.6 is 0 Å². The number of carbonyl (C=O) groups excluding carboxylic acids is 2. The van der Waals surface area contributed by atoms with Crippen LogP contribution < -0.4 is 10.6 Å². The van der Waals surface area contributed by atoms with Crippen LogP contribution in [0.4, 0.5) is 0 Å². The standard InChI is InChI=1S/C14H26N4O2/c1-3-18(12-6-7-15-8-12)10-14(20)17(2)9-13(19)16-11-4-5-11/h11-12,15H,3-10H2,1-2H3,(H,16,19). The number of nitrogens with one attached hydrogen (secondary N) is 2. The maximum Gasteiger partial charge on any atom is 0.239 e. The average molecular weight is 282 g/mol. The van der Waals surface area contributed by atoms with Gasteiger partial charge in [-0.25, -0.2) is 0 Å². The second-order valence-electron chi connectivity index (χ2n) is 5.80. The lowest BCUT2D eigenvalue weighted by Crippen LogP contribution is -2.46. The molecule has 2 rings (SSSR count). The molecule has 0 aromatic rings. The lowest BCUT2D eigenvalue weighted by atomic mass is 10.2. The lowest BCUT2D eigenvalue weighted by molar-refractivity contribution is -0.136. The topological polar surface area (TPSA) is 64.7 Å². The summed E-state index contributed by atoms with van der Waals surface area (Å²) in [5.74, 6) is -0.0290. The Hall–Kier alpha value is -1.14. The molecule has 2 aliphatic rings. The molecule has 1 aliphatic heterocycles. The van der Waals surface area contributed by atoms with Crippen molar-refractivity contribution in [1.82, 2.24) is 20.4 Å². The van der Waals surface area contributed by atoms with Gasteiger partial charge in [-0.2, -0.15) is 0 Å². The molecule has 0 radical (unpaired) electrons. The molecule has 0 aromatic carbocycles. The fourth-order valence-electron chi connectivity index (χ4n) is 2.55. The van der Waals surface area contributed by atoms with Crippen molar-refractivity contribution in [3.05, 3.63) is 0 Å². The first kappa shape index (κ1) is 15.3. The van der Waals surface area contributed by atoms with Crippen molar-refractivity contribution in [3.63, 3.8) is 0 Å². The van der Waals surface area contributed by atoms with Gasteiger partial charge >= 0.3 is 0 Å². The van der Waals surface area contributed by atoms with Crippen LogP contribution in [0.1, 0.15) is 26.2 Å². The molecule has 2 fully saturated rings. The summed E-state index contributed by atoms with van der Waals surface area (Å²) < 4.78 is 0. The fraction of sp³-hybridized carbons (Fsp3) is 0.857. The van der Waals surface area contributed by atoms with E-state index in [1.165, 1.54) is 4.90 Å². The monoisotopic (exact) mass is 282 g/mol. The molecule has 1 heterocycles. The summed E-state index contributed by atoms with van der Waals surface area (Å²) in [4.78, 5) is 27.6. The number of hydrogen-bond donors (Lipinski definition) is 2. The summed E-state index contributed by atoms with van der Waals surface area (Å²) in [6.07, 6.45) is 3.23. The Bertz CT molecular complexity index is 351. The molecule has 0 aromatic heterocycles. The summed E-state index contributed by atoms with van der Waals surface area (Å²) in [6, 6.07) is 0.792. The van der Waals surface area contributed by atoms with Crippen molar-refractivity contribution in [1.29, 1.82) is 0 Å². The molecular weight excluding hydrogens is 256 g/mol. The summed E-state index contributed by atoms with van der Waals surface area (Å²) in [6.45, 7) is 5.47. The normalized spacial score (nSPS) is 22.1. The quantitative estimate of drug-likeness (QED) is 0.655. The highest BCUT2D eigenvalue weighted by Gasteiger charge is 2.26. The Balaban J connectivity index is 1.74. The number of hydrogen-bond acceptors (Lipinski definition) is 4. The van der Waals surface area contributed by atoms with Gasteiger partial charge in [-0.1, -0.05) is 6.92 Å². The molecule has 2 amide bonds. The van der Waals surface area contributed by atoms with Crippen molar-refractivity contribution in [2.75, 3.05) is 39.8 Å². The van der Waals surface area contributed by atoms with Gasteiger partial charge in [0, 0.05) is 25.7 Å². The van der Waals surface area contributed by atoms with Crippen LogP contribution in [0.3, 0.4) is 0 Å². The zero-order valence-corrected chi connectivity index (χ0v) is 12.5. The van der Waals surface area contributed by atoms with E-state index in [1.807, 2.05) is 0 Å². The van der Waals surface area contributed by atoms with Crippen LogP contribution in [0.2, 0.25) is 0 Å². The SMILES string of the molecule is CCN(CC(=O)N(C)CC(=O)NC1CC1)C1CCNC1. The number of carbonyl (C=O) groups is 2. The number of likely N-dealkylation sites (N-methyl/N-ethyl adjacent to an activating group) is 2. The largest absolute Gasteiger partial charge is 0.352 e. The van der Waals surface area contributed by atoms with Crippen LogP contribution in [0.5, 0.6) is 0 Å². The van der Waals surface area contributed by atoms with Gasteiger partial charge in [0.1, 0.15) is 0 Å².